The Hall–Kier alpha value is -3.28. The Balaban J connectivity index is 1.84. The second-order valence-electron chi connectivity index (χ2n) is 4.79. The number of methoxy groups -OCH3 is 1. The molecule has 1 amide bonds. The summed E-state index contributed by atoms with van der Waals surface area (Å²) >= 11 is 0. The molecule has 1 N–H and O–H groups in total. The number of aromatic nitrogens is 2. The third-order valence-corrected chi connectivity index (χ3v) is 3.27. The van der Waals surface area contributed by atoms with E-state index in [1.165, 1.54) is 7.11 Å². The lowest BCUT2D eigenvalue weighted by molar-refractivity contribution is 0.0600. The van der Waals surface area contributed by atoms with Crippen LogP contribution in [0.15, 0.2) is 54.9 Å². The highest BCUT2D eigenvalue weighted by molar-refractivity contribution is 6.06. The monoisotopic (exact) mass is 307 g/mol. The Bertz CT molecular complexity index is 893. The third kappa shape index (κ3) is 3.16. The molecule has 0 unspecified atom stereocenters. The molecule has 1 heterocycles. The molecule has 114 valence electrons. The van der Waals surface area contributed by atoms with Gasteiger partial charge in [-0.15, -0.1) is 0 Å². The fraction of sp³-hybridized carbons (Fsp3) is 0.0588. The van der Waals surface area contributed by atoms with Crippen molar-refractivity contribution in [2.24, 2.45) is 0 Å². The summed E-state index contributed by atoms with van der Waals surface area (Å²) < 4.78 is 4.66. The SMILES string of the molecule is COC(=O)c1cccc(NC(=O)c2ccc3nccnc3c2)c1. The molecule has 0 saturated carbocycles. The van der Waals surface area contributed by atoms with Gasteiger partial charge in [0.25, 0.3) is 5.91 Å². The molecule has 0 atom stereocenters. The number of benzene rings is 2. The molecular weight excluding hydrogens is 294 g/mol. The van der Waals surface area contributed by atoms with Crippen molar-refractivity contribution in [2.75, 3.05) is 12.4 Å². The Labute approximate surface area is 132 Å². The summed E-state index contributed by atoms with van der Waals surface area (Å²) in [5, 5.41) is 2.75. The Kier molecular flexibility index (Phi) is 3.97. The van der Waals surface area contributed by atoms with E-state index in [0.717, 1.165) is 5.52 Å². The topological polar surface area (TPSA) is 81.2 Å². The van der Waals surface area contributed by atoms with Crippen molar-refractivity contribution in [1.82, 2.24) is 9.97 Å². The Morgan fingerprint density at radius 1 is 0.957 bits per heavy atom. The van der Waals surface area contributed by atoms with E-state index >= 15 is 0 Å². The summed E-state index contributed by atoms with van der Waals surface area (Å²) in [6.07, 6.45) is 3.17. The molecule has 1 aromatic heterocycles. The molecule has 0 saturated heterocycles. The zero-order valence-corrected chi connectivity index (χ0v) is 12.3. The van der Waals surface area contributed by atoms with E-state index in [0.29, 0.717) is 22.3 Å². The van der Waals surface area contributed by atoms with Gasteiger partial charge < -0.3 is 10.1 Å². The smallest absolute Gasteiger partial charge is 0.337 e. The van der Waals surface area contributed by atoms with Crippen LogP contribution in [-0.2, 0) is 4.74 Å². The quantitative estimate of drug-likeness (QED) is 0.752. The summed E-state index contributed by atoms with van der Waals surface area (Å²) in [7, 11) is 1.31. The van der Waals surface area contributed by atoms with Crippen LogP contribution in [0.3, 0.4) is 0 Å². The lowest BCUT2D eigenvalue weighted by Crippen LogP contribution is -2.12. The molecule has 3 rings (SSSR count). The minimum Gasteiger partial charge on any atom is -0.465 e. The third-order valence-electron chi connectivity index (χ3n) is 3.27. The first-order valence-electron chi connectivity index (χ1n) is 6.88. The molecule has 0 aliphatic rings. The van der Waals surface area contributed by atoms with Crippen molar-refractivity contribution in [3.63, 3.8) is 0 Å². The van der Waals surface area contributed by atoms with Crippen LogP contribution in [0.5, 0.6) is 0 Å². The van der Waals surface area contributed by atoms with Gasteiger partial charge in [0.1, 0.15) is 0 Å². The number of carbonyl (C=O) groups is 2. The van der Waals surface area contributed by atoms with Gasteiger partial charge in [0, 0.05) is 23.6 Å². The highest BCUT2D eigenvalue weighted by Gasteiger charge is 2.10. The molecule has 0 radical (unpaired) electrons. The van der Waals surface area contributed by atoms with Crippen molar-refractivity contribution >= 4 is 28.6 Å². The summed E-state index contributed by atoms with van der Waals surface area (Å²) in [5.74, 6) is -0.748. The average molecular weight is 307 g/mol. The number of anilines is 1. The fourth-order valence-electron chi connectivity index (χ4n) is 2.15. The standard InChI is InChI=1S/C17H13N3O3/c1-23-17(22)12-3-2-4-13(9-12)20-16(21)11-5-6-14-15(10-11)19-8-7-18-14/h2-10H,1H3,(H,20,21). The number of rotatable bonds is 3. The Morgan fingerprint density at radius 3 is 2.52 bits per heavy atom. The molecule has 2 aromatic carbocycles. The largest absolute Gasteiger partial charge is 0.465 e. The van der Waals surface area contributed by atoms with Gasteiger partial charge in [-0.25, -0.2) is 4.79 Å². The molecule has 3 aromatic rings. The zero-order chi connectivity index (χ0) is 16.2. The molecule has 0 spiro atoms. The number of nitrogens with one attached hydrogen (secondary N) is 1. The van der Waals surface area contributed by atoms with Crippen LogP contribution in [-0.4, -0.2) is 29.0 Å². The van der Waals surface area contributed by atoms with Crippen molar-refractivity contribution in [2.45, 2.75) is 0 Å². The maximum atomic E-state index is 12.3. The van der Waals surface area contributed by atoms with E-state index < -0.39 is 5.97 Å². The van der Waals surface area contributed by atoms with Gasteiger partial charge in [-0.3, -0.25) is 14.8 Å². The van der Waals surface area contributed by atoms with E-state index in [2.05, 4.69) is 20.0 Å². The zero-order valence-electron chi connectivity index (χ0n) is 12.3. The van der Waals surface area contributed by atoms with E-state index in [-0.39, 0.29) is 5.91 Å². The molecular formula is C17H13N3O3. The van der Waals surface area contributed by atoms with Gasteiger partial charge in [0.15, 0.2) is 0 Å². The van der Waals surface area contributed by atoms with Crippen molar-refractivity contribution in [3.05, 3.63) is 66.0 Å². The van der Waals surface area contributed by atoms with Gasteiger partial charge in [-0.2, -0.15) is 0 Å². The van der Waals surface area contributed by atoms with Crippen LogP contribution >= 0.6 is 0 Å². The maximum Gasteiger partial charge on any atom is 0.337 e. The lowest BCUT2D eigenvalue weighted by Gasteiger charge is -2.07. The summed E-state index contributed by atoms with van der Waals surface area (Å²) in [6.45, 7) is 0. The van der Waals surface area contributed by atoms with Gasteiger partial charge >= 0.3 is 5.97 Å². The van der Waals surface area contributed by atoms with Crippen LogP contribution < -0.4 is 5.32 Å². The molecule has 0 aliphatic heterocycles. The number of amides is 1. The lowest BCUT2D eigenvalue weighted by atomic mass is 10.1. The minimum atomic E-state index is -0.456. The number of nitrogens with zero attached hydrogens (tertiary/aromatic N) is 2. The highest BCUT2D eigenvalue weighted by Crippen LogP contribution is 2.15. The minimum absolute atomic E-state index is 0.292. The highest BCUT2D eigenvalue weighted by atomic mass is 16.5. The summed E-state index contributed by atoms with van der Waals surface area (Å²) in [6, 6.07) is 11.6. The summed E-state index contributed by atoms with van der Waals surface area (Å²) in [4.78, 5) is 32.2. The second-order valence-corrected chi connectivity index (χ2v) is 4.79. The van der Waals surface area contributed by atoms with Crippen LogP contribution in [0, 0.1) is 0 Å². The Morgan fingerprint density at radius 2 is 1.74 bits per heavy atom. The van der Waals surface area contributed by atoms with Crippen LogP contribution in [0.1, 0.15) is 20.7 Å². The van der Waals surface area contributed by atoms with Gasteiger partial charge in [-0.05, 0) is 36.4 Å². The van der Waals surface area contributed by atoms with Crippen molar-refractivity contribution < 1.29 is 14.3 Å². The van der Waals surface area contributed by atoms with Crippen LogP contribution in [0.25, 0.3) is 11.0 Å². The van der Waals surface area contributed by atoms with E-state index in [1.54, 1.807) is 54.9 Å². The molecule has 6 heteroatoms. The van der Waals surface area contributed by atoms with Crippen molar-refractivity contribution in [1.29, 1.82) is 0 Å². The number of ether oxygens (including phenoxy) is 1. The van der Waals surface area contributed by atoms with Crippen molar-refractivity contribution in [3.8, 4) is 0 Å². The van der Waals surface area contributed by atoms with Gasteiger partial charge in [-0.1, -0.05) is 6.07 Å². The normalized spacial score (nSPS) is 10.3. The first kappa shape index (κ1) is 14.6. The molecule has 0 bridgehead atoms. The van der Waals surface area contributed by atoms with Gasteiger partial charge in [0.2, 0.25) is 0 Å². The first-order valence-corrected chi connectivity index (χ1v) is 6.88. The second kappa shape index (κ2) is 6.23. The maximum absolute atomic E-state index is 12.3. The predicted octanol–water partition coefficient (Wildman–Crippen LogP) is 2.67. The van der Waals surface area contributed by atoms with Crippen LogP contribution in [0.2, 0.25) is 0 Å². The number of hydrogen-bond donors (Lipinski definition) is 1. The van der Waals surface area contributed by atoms with E-state index in [9.17, 15) is 9.59 Å². The van der Waals surface area contributed by atoms with Crippen LogP contribution in [0.4, 0.5) is 5.69 Å². The summed E-state index contributed by atoms with van der Waals surface area (Å²) in [5.41, 5.74) is 2.70. The van der Waals surface area contributed by atoms with Gasteiger partial charge in [0.05, 0.1) is 23.7 Å². The molecule has 0 aliphatic carbocycles. The first-order chi connectivity index (χ1) is 11.2. The molecule has 6 nitrogen and oxygen atoms in total. The molecule has 0 fully saturated rings. The van der Waals surface area contributed by atoms with E-state index in [4.69, 9.17) is 0 Å². The number of fused-ring (bicyclic) bond motifs is 1. The predicted molar refractivity (Wildman–Crippen MR) is 85.3 cm³/mol. The fourth-order valence-corrected chi connectivity index (χ4v) is 2.15. The molecule has 23 heavy (non-hydrogen) atoms. The number of carbonyl (C=O) groups excluding carboxylic acids is 2. The van der Waals surface area contributed by atoms with E-state index in [1.807, 2.05) is 0 Å². The number of esters is 1. The number of hydrogen-bond acceptors (Lipinski definition) is 5. The average Bonchev–Trinajstić information content (AvgIpc) is 2.60.